The van der Waals surface area contributed by atoms with Crippen LogP contribution < -0.4 is 15.4 Å². The molecular weight excluding hydrogens is 326 g/mol. The minimum Gasteiger partial charge on any atom is -0.410 e. The van der Waals surface area contributed by atoms with Crippen molar-refractivity contribution in [1.82, 2.24) is 10.3 Å². The Labute approximate surface area is 154 Å². The average molecular weight is 351 g/mol. The van der Waals surface area contributed by atoms with Gasteiger partial charge in [0.1, 0.15) is 11.6 Å². The lowest BCUT2D eigenvalue weighted by Gasteiger charge is -2.17. The molecule has 2 aromatic rings. The van der Waals surface area contributed by atoms with E-state index in [1.54, 1.807) is 6.07 Å². The van der Waals surface area contributed by atoms with Crippen LogP contribution in [0.25, 0.3) is 6.08 Å². The van der Waals surface area contributed by atoms with Gasteiger partial charge in [-0.25, -0.2) is 9.78 Å². The molecule has 5 heteroatoms. The largest absolute Gasteiger partial charge is 0.412 e. The number of carbonyl (C=O) groups is 1. The summed E-state index contributed by atoms with van der Waals surface area (Å²) in [6, 6.07) is 9.84. The van der Waals surface area contributed by atoms with Crippen molar-refractivity contribution in [2.75, 3.05) is 18.4 Å². The summed E-state index contributed by atoms with van der Waals surface area (Å²) in [5.74, 6) is 1.55. The number of pyridine rings is 1. The number of rotatable bonds is 5. The van der Waals surface area contributed by atoms with Crippen LogP contribution in [0.4, 0.5) is 10.6 Å². The minimum atomic E-state index is -0.447. The molecule has 136 valence electrons. The molecule has 1 amide bonds. The predicted octanol–water partition coefficient (Wildman–Crippen LogP) is 4.11. The molecule has 1 aromatic heterocycles. The summed E-state index contributed by atoms with van der Waals surface area (Å²) in [4.78, 5) is 16.7. The van der Waals surface area contributed by atoms with E-state index >= 15 is 0 Å². The highest BCUT2D eigenvalue weighted by molar-refractivity contribution is 5.73. The number of benzene rings is 1. The van der Waals surface area contributed by atoms with Gasteiger partial charge in [-0.15, -0.1) is 0 Å². The molecule has 26 heavy (non-hydrogen) atoms. The fourth-order valence-corrected chi connectivity index (χ4v) is 3.06. The smallest absolute Gasteiger partial charge is 0.410 e. The second kappa shape index (κ2) is 8.52. The van der Waals surface area contributed by atoms with Crippen molar-refractivity contribution in [2.45, 2.75) is 33.1 Å². The van der Waals surface area contributed by atoms with E-state index < -0.39 is 6.09 Å². The Morgan fingerprint density at radius 3 is 3.08 bits per heavy atom. The van der Waals surface area contributed by atoms with E-state index in [0.29, 0.717) is 18.7 Å². The standard InChI is InChI=1S/C21H25N3O2/c1-3-6-18-15(2)7-4-9-19(18)26-21(25)23-14-12-17-11-10-16-8-5-13-22-20(16)24-17/h3-4,6-7,9-11H,5,8,12-14H2,1-2H3,(H,22,24)(H,23,25). The molecular formula is C21H25N3O2. The van der Waals surface area contributed by atoms with Gasteiger partial charge >= 0.3 is 6.09 Å². The van der Waals surface area contributed by atoms with Crippen molar-refractivity contribution in [3.8, 4) is 5.75 Å². The number of hydrogen-bond acceptors (Lipinski definition) is 4. The first-order chi connectivity index (χ1) is 12.7. The van der Waals surface area contributed by atoms with Gasteiger partial charge in [0, 0.05) is 30.8 Å². The Morgan fingerprint density at radius 2 is 2.23 bits per heavy atom. The van der Waals surface area contributed by atoms with Gasteiger partial charge in [-0.3, -0.25) is 0 Å². The molecule has 2 N–H and O–H groups in total. The Kier molecular flexibility index (Phi) is 5.89. The molecule has 0 unspecified atom stereocenters. The molecule has 1 aromatic carbocycles. The highest BCUT2D eigenvalue weighted by Crippen LogP contribution is 2.24. The lowest BCUT2D eigenvalue weighted by molar-refractivity contribution is 0.200. The first-order valence-corrected chi connectivity index (χ1v) is 9.08. The molecule has 0 atom stereocenters. The Hall–Kier alpha value is -2.82. The molecule has 5 nitrogen and oxygen atoms in total. The topological polar surface area (TPSA) is 63.2 Å². The lowest BCUT2D eigenvalue weighted by atomic mass is 10.1. The van der Waals surface area contributed by atoms with Crippen molar-refractivity contribution in [1.29, 1.82) is 0 Å². The third kappa shape index (κ3) is 4.42. The maximum atomic E-state index is 12.1. The van der Waals surface area contributed by atoms with Gasteiger partial charge in [0.15, 0.2) is 0 Å². The summed E-state index contributed by atoms with van der Waals surface area (Å²) in [7, 11) is 0. The normalized spacial score (nSPS) is 13.2. The lowest BCUT2D eigenvalue weighted by Crippen LogP contribution is -2.29. The molecule has 0 bridgehead atoms. The van der Waals surface area contributed by atoms with Crippen LogP contribution in [0.2, 0.25) is 0 Å². The molecule has 0 fully saturated rings. The van der Waals surface area contributed by atoms with Crippen LogP contribution in [-0.4, -0.2) is 24.2 Å². The number of nitrogens with zero attached hydrogens (tertiary/aromatic N) is 1. The second-order valence-corrected chi connectivity index (χ2v) is 6.39. The van der Waals surface area contributed by atoms with Crippen LogP contribution in [-0.2, 0) is 12.8 Å². The quantitative estimate of drug-likeness (QED) is 0.851. The first kappa shape index (κ1) is 18.0. The number of nitrogens with one attached hydrogen (secondary N) is 2. The summed E-state index contributed by atoms with van der Waals surface area (Å²) < 4.78 is 5.47. The van der Waals surface area contributed by atoms with Gasteiger partial charge in [-0.2, -0.15) is 0 Å². The Balaban J connectivity index is 1.54. The van der Waals surface area contributed by atoms with E-state index in [1.807, 2.05) is 44.2 Å². The Morgan fingerprint density at radius 1 is 1.35 bits per heavy atom. The number of fused-ring (bicyclic) bond motifs is 1. The van der Waals surface area contributed by atoms with Crippen LogP contribution >= 0.6 is 0 Å². The second-order valence-electron chi connectivity index (χ2n) is 6.39. The maximum Gasteiger partial charge on any atom is 0.412 e. The zero-order valence-corrected chi connectivity index (χ0v) is 15.3. The minimum absolute atomic E-state index is 0.447. The number of allylic oxidation sites excluding steroid dienone is 1. The zero-order valence-electron chi connectivity index (χ0n) is 15.3. The van der Waals surface area contributed by atoms with Gasteiger partial charge in [0.25, 0.3) is 0 Å². The van der Waals surface area contributed by atoms with Gasteiger partial charge in [0.05, 0.1) is 0 Å². The monoisotopic (exact) mass is 351 g/mol. The van der Waals surface area contributed by atoms with Crippen LogP contribution in [0, 0.1) is 6.92 Å². The fraction of sp³-hybridized carbons (Fsp3) is 0.333. The molecule has 0 saturated carbocycles. The van der Waals surface area contributed by atoms with Crippen molar-refractivity contribution < 1.29 is 9.53 Å². The predicted molar refractivity (Wildman–Crippen MR) is 105 cm³/mol. The van der Waals surface area contributed by atoms with E-state index in [-0.39, 0.29) is 0 Å². The van der Waals surface area contributed by atoms with Crippen molar-refractivity contribution in [2.24, 2.45) is 0 Å². The van der Waals surface area contributed by atoms with Crippen molar-refractivity contribution >= 4 is 18.0 Å². The summed E-state index contributed by atoms with van der Waals surface area (Å²) in [5.41, 5.74) is 4.22. The van der Waals surface area contributed by atoms with Gasteiger partial charge < -0.3 is 15.4 Å². The maximum absolute atomic E-state index is 12.1. The summed E-state index contributed by atoms with van der Waals surface area (Å²) in [6.07, 6.45) is 6.32. The van der Waals surface area contributed by atoms with Crippen molar-refractivity contribution in [3.05, 3.63) is 58.8 Å². The van der Waals surface area contributed by atoms with Gasteiger partial charge in [-0.05, 0) is 49.9 Å². The zero-order chi connectivity index (χ0) is 18.4. The van der Waals surface area contributed by atoms with E-state index in [1.165, 1.54) is 5.56 Å². The van der Waals surface area contributed by atoms with E-state index in [2.05, 4.69) is 21.7 Å². The molecule has 3 rings (SSSR count). The molecule has 1 aliphatic rings. The van der Waals surface area contributed by atoms with Crippen LogP contribution in [0.15, 0.2) is 36.4 Å². The third-order valence-electron chi connectivity index (χ3n) is 4.42. The van der Waals surface area contributed by atoms with E-state index in [9.17, 15) is 4.79 Å². The third-order valence-corrected chi connectivity index (χ3v) is 4.42. The fourth-order valence-electron chi connectivity index (χ4n) is 3.06. The number of anilines is 1. The Bertz CT molecular complexity index is 815. The van der Waals surface area contributed by atoms with E-state index in [4.69, 9.17) is 4.74 Å². The molecule has 0 radical (unpaired) electrons. The molecule has 0 aliphatic carbocycles. The summed E-state index contributed by atoms with van der Waals surface area (Å²) in [6.45, 7) is 5.39. The first-order valence-electron chi connectivity index (χ1n) is 9.08. The number of ether oxygens (including phenoxy) is 1. The number of carbonyl (C=O) groups excluding carboxylic acids is 1. The van der Waals surface area contributed by atoms with E-state index in [0.717, 1.165) is 42.0 Å². The number of aromatic nitrogens is 1. The molecule has 1 aliphatic heterocycles. The molecule has 0 saturated heterocycles. The van der Waals surface area contributed by atoms with Crippen LogP contribution in [0.3, 0.4) is 0 Å². The highest BCUT2D eigenvalue weighted by atomic mass is 16.6. The van der Waals surface area contributed by atoms with Gasteiger partial charge in [0.2, 0.25) is 0 Å². The van der Waals surface area contributed by atoms with Crippen molar-refractivity contribution in [3.63, 3.8) is 0 Å². The van der Waals surface area contributed by atoms with Crippen LogP contribution in [0.1, 0.15) is 35.7 Å². The SMILES string of the molecule is CC=Cc1c(C)cccc1OC(=O)NCCc1ccc2c(n1)NCCC2. The average Bonchev–Trinajstić information content (AvgIpc) is 2.64. The molecule has 2 heterocycles. The molecule has 0 spiro atoms. The summed E-state index contributed by atoms with van der Waals surface area (Å²) in [5, 5.41) is 6.13. The number of aryl methyl sites for hydroxylation is 2. The van der Waals surface area contributed by atoms with Crippen LogP contribution in [0.5, 0.6) is 5.75 Å². The number of amides is 1. The summed E-state index contributed by atoms with van der Waals surface area (Å²) >= 11 is 0. The van der Waals surface area contributed by atoms with Gasteiger partial charge in [-0.1, -0.05) is 30.4 Å². The highest BCUT2D eigenvalue weighted by Gasteiger charge is 2.11. The number of hydrogen-bond donors (Lipinski definition) is 2.